The van der Waals surface area contributed by atoms with Crippen molar-refractivity contribution in [2.75, 3.05) is 5.32 Å². The third-order valence-corrected chi connectivity index (χ3v) is 3.49. The van der Waals surface area contributed by atoms with E-state index in [9.17, 15) is 9.18 Å². The number of rotatable bonds is 4. The highest BCUT2D eigenvalue weighted by Gasteiger charge is 2.17. The molecule has 0 radical (unpaired) electrons. The van der Waals surface area contributed by atoms with Crippen molar-refractivity contribution in [2.45, 2.75) is 13.5 Å². The first-order chi connectivity index (χ1) is 11.1. The number of hydrogen-bond acceptors (Lipinski definition) is 3. The summed E-state index contributed by atoms with van der Waals surface area (Å²) >= 11 is 0. The summed E-state index contributed by atoms with van der Waals surface area (Å²) in [7, 11) is 0. The maximum Gasteiger partial charge on any atom is 0.278 e. The van der Waals surface area contributed by atoms with Gasteiger partial charge in [0.05, 0.1) is 17.9 Å². The van der Waals surface area contributed by atoms with Gasteiger partial charge < -0.3 is 5.32 Å². The van der Waals surface area contributed by atoms with Gasteiger partial charge in [0.25, 0.3) is 5.91 Å². The van der Waals surface area contributed by atoms with Crippen LogP contribution in [0.4, 0.5) is 10.1 Å². The van der Waals surface area contributed by atoms with Crippen LogP contribution in [0.5, 0.6) is 0 Å². The van der Waals surface area contributed by atoms with Crippen LogP contribution in [0.25, 0.3) is 0 Å². The molecule has 6 heteroatoms. The minimum atomic E-state index is -0.491. The summed E-state index contributed by atoms with van der Waals surface area (Å²) in [4.78, 5) is 12.3. The summed E-state index contributed by atoms with van der Waals surface area (Å²) < 4.78 is 15.2. The fourth-order valence-corrected chi connectivity index (χ4v) is 2.22. The number of amides is 1. The van der Waals surface area contributed by atoms with Crippen molar-refractivity contribution >= 4 is 11.6 Å². The molecular weight excluding hydrogens is 295 g/mol. The predicted molar refractivity (Wildman–Crippen MR) is 84.7 cm³/mol. The molecule has 0 saturated heterocycles. The highest BCUT2D eigenvalue weighted by Crippen LogP contribution is 2.15. The zero-order valence-electron chi connectivity index (χ0n) is 12.5. The van der Waals surface area contributed by atoms with Crippen LogP contribution < -0.4 is 5.32 Å². The average molecular weight is 310 g/mol. The smallest absolute Gasteiger partial charge is 0.278 e. The van der Waals surface area contributed by atoms with Gasteiger partial charge in [-0.05, 0) is 24.6 Å². The topological polar surface area (TPSA) is 59.8 Å². The third kappa shape index (κ3) is 3.26. The molecule has 5 nitrogen and oxygen atoms in total. The van der Waals surface area contributed by atoms with Crippen LogP contribution in [0.2, 0.25) is 0 Å². The lowest BCUT2D eigenvalue weighted by molar-refractivity contribution is 0.102. The first kappa shape index (κ1) is 14.9. The Bertz CT molecular complexity index is 830. The molecule has 1 heterocycles. The molecule has 0 fully saturated rings. The van der Waals surface area contributed by atoms with Gasteiger partial charge in [0.2, 0.25) is 0 Å². The van der Waals surface area contributed by atoms with Gasteiger partial charge in [-0.15, -0.1) is 5.10 Å². The monoisotopic (exact) mass is 310 g/mol. The van der Waals surface area contributed by atoms with Gasteiger partial charge in [0.15, 0.2) is 5.69 Å². The Morgan fingerprint density at radius 3 is 2.57 bits per heavy atom. The van der Waals surface area contributed by atoms with Gasteiger partial charge >= 0.3 is 0 Å². The number of anilines is 1. The van der Waals surface area contributed by atoms with E-state index in [1.54, 1.807) is 23.7 Å². The molecule has 23 heavy (non-hydrogen) atoms. The third-order valence-electron chi connectivity index (χ3n) is 3.49. The molecule has 0 spiro atoms. The van der Waals surface area contributed by atoms with Crippen LogP contribution in [0, 0.1) is 12.7 Å². The van der Waals surface area contributed by atoms with E-state index in [2.05, 4.69) is 15.6 Å². The fraction of sp³-hybridized carbons (Fsp3) is 0.118. The van der Waals surface area contributed by atoms with E-state index in [0.29, 0.717) is 12.2 Å². The van der Waals surface area contributed by atoms with E-state index >= 15 is 0 Å². The van der Waals surface area contributed by atoms with Crippen LogP contribution in [-0.2, 0) is 6.54 Å². The zero-order chi connectivity index (χ0) is 16.2. The SMILES string of the molecule is Cc1c(C(=O)Nc2ccccc2F)nnn1Cc1ccccc1. The van der Waals surface area contributed by atoms with E-state index in [-0.39, 0.29) is 11.4 Å². The standard InChI is InChI=1S/C17H15FN4O/c1-12-16(17(23)19-15-10-6-5-9-14(15)18)20-21-22(12)11-13-7-3-2-4-8-13/h2-10H,11H2,1H3,(H,19,23). The molecule has 0 atom stereocenters. The van der Waals surface area contributed by atoms with E-state index in [4.69, 9.17) is 0 Å². The van der Waals surface area contributed by atoms with Gasteiger partial charge in [0.1, 0.15) is 5.82 Å². The van der Waals surface area contributed by atoms with E-state index in [0.717, 1.165) is 5.56 Å². The minimum Gasteiger partial charge on any atom is -0.318 e. The predicted octanol–water partition coefficient (Wildman–Crippen LogP) is 3.03. The molecule has 116 valence electrons. The molecule has 1 N–H and O–H groups in total. The zero-order valence-corrected chi connectivity index (χ0v) is 12.5. The van der Waals surface area contributed by atoms with Crippen LogP contribution in [0.1, 0.15) is 21.7 Å². The maximum absolute atomic E-state index is 13.6. The lowest BCUT2D eigenvalue weighted by atomic mass is 10.2. The number of aromatic nitrogens is 3. The quantitative estimate of drug-likeness (QED) is 0.806. The summed E-state index contributed by atoms with van der Waals surface area (Å²) in [5.74, 6) is -0.970. The van der Waals surface area contributed by atoms with Crippen molar-refractivity contribution in [2.24, 2.45) is 0 Å². The summed E-state index contributed by atoms with van der Waals surface area (Å²) in [5.41, 5.74) is 1.99. The molecule has 1 aromatic heterocycles. The lowest BCUT2D eigenvalue weighted by Crippen LogP contribution is -2.15. The molecule has 0 saturated carbocycles. The van der Waals surface area contributed by atoms with E-state index in [1.807, 2.05) is 30.3 Å². The van der Waals surface area contributed by atoms with Gasteiger partial charge in [-0.25, -0.2) is 9.07 Å². The number of para-hydroxylation sites is 1. The number of halogens is 1. The average Bonchev–Trinajstić information content (AvgIpc) is 2.92. The number of nitrogens with zero attached hydrogens (tertiary/aromatic N) is 3. The molecule has 0 aliphatic rings. The number of carbonyl (C=O) groups excluding carboxylic acids is 1. The minimum absolute atomic E-state index is 0.120. The summed E-state index contributed by atoms with van der Waals surface area (Å²) in [6, 6.07) is 15.8. The van der Waals surface area contributed by atoms with Gasteiger partial charge in [-0.2, -0.15) is 0 Å². The van der Waals surface area contributed by atoms with Crippen molar-refractivity contribution in [3.8, 4) is 0 Å². The lowest BCUT2D eigenvalue weighted by Gasteiger charge is -2.06. The van der Waals surface area contributed by atoms with Crippen molar-refractivity contribution in [1.82, 2.24) is 15.0 Å². The molecule has 0 aliphatic carbocycles. The van der Waals surface area contributed by atoms with Crippen molar-refractivity contribution in [3.05, 3.63) is 77.4 Å². The molecule has 0 aliphatic heterocycles. The fourth-order valence-electron chi connectivity index (χ4n) is 2.22. The number of benzene rings is 2. The van der Waals surface area contributed by atoms with Crippen LogP contribution in [0.3, 0.4) is 0 Å². The number of nitrogens with one attached hydrogen (secondary N) is 1. The molecule has 1 amide bonds. The molecule has 2 aromatic carbocycles. The van der Waals surface area contributed by atoms with E-state index < -0.39 is 11.7 Å². The number of hydrogen-bond donors (Lipinski definition) is 1. The Hall–Kier alpha value is -3.02. The second kappa shape index (κ2) is 6.39. The van der Waals surface area contributed by atoms with Crippen LogP contribution in [0.15, 0.2) is 54.6 Å². The Morgan fingerprint density at radius 2 is 1.83 bits per heavy atom. The second-order valence-corrected chi connectivity index (χ2v) is 5.10. The van der Waals surface area contributed by atoms with Gasteiger partial charge in [0, 0.05) is 0 Å². The van der Waals surface area contributed by atoms with Crippen LogP contribution >= 0.6 is 0 Å². The summed E-state index contributed by atoms with van der Waals surface area (Å²) in [5, 5.41) is 10.4. The molecule has 3 aromatic rings. The summed E-state index contributed by atoms with van der Waals surface area (Å²) in [6.45, 7) is 2.28. The van der Waals surface area contributed by atoms with Crippen molar-refractivity contribution < 1.29 is 9.18 Å². The molecule has 0 unspecified atom stereocenters. The Kier molecular flexibility index (Phi) is 4.14. The Morgan fingerprint density at radius 1 is 1.13 bits per heavy atom. The van der Waals surface area contributed by atoms with Crippen molar-refractivity contribution in [1.29, 1.82) is 0 Å². The first-order valence-electron chi connectivity index (χ1n) is 7.15. The van der Waals surface area contributed by atoms with E-state index in [1.165, 1.54) is 12.1 Å². The Labute approximate surface area is 132 Å². The highest BCUT2D eigenvalue weighted by molar-refractivity contribution is 6.03. The molecular formula is C17H15FN4O. The second-order valence-electron chi connectivity index (χ2n) is 5.10. The Balaban J connectivity index is 1.79. The first-order valence-corrected chi connectivity index (χ1v) is 7.15. The van der Waals surface area contributed by atoms with Crippen molar-refractivity contribution in [3.63, 3.8) is 0 Å². The van der Waals surface area contributed by atoms with Crippen LogP contribution in [-0.4, -0.2) is 20.9 Å². The maximum atomic E-state index is 13.6. The molecule has 0 bridgehead atoms. The van der Waals surface area contributed by atoms with Gasteiger partial charge in [-0.3, -0.25) is 4.79 Å². The molecule has 3 rings (SSSR count). The largest absolute Gasteiger partial charge is 0.318 e. The normalized spacial score (nSPS) is 10.5. The summed E-state index contributed by atoms with van der Waals surface area (Å²) in [6.07, 6.45) is 0. The van der Waals surface area contributed by atoms with Gasteiger partial charge in [-0.1, -0.05) is 47.7 Å². The number of carbonyl (C=O) groups is 1. The highest BCUT2D eigenvalue weighted by atomic mass is 19.1.